The minimum atomic E-state index is 0.726. The summed E-state index contributed by atoms with van der Waals surface area (Å²) in [6.07, 6.45) is 4.08. The highest BCUT2D eigenvalue weighted by atomic mass is 15.2. The quantitative estimate of drug-likeness (QED) is 0.798. The molecule has 1 N–H and O–H groups in total. The predicted molar refractivity (Wildman–Crippen MR) is 72.7 cm³/mol. The summed E-state index contributed by atoms with van der Waals surface area (Å²) in [7, 11) is 0. The van der Waals surface area contributed by atoms with Crippen molar-refractivity contribution >= 4 is 5.69 Å². The minimum absolute atomic E-state index is 0.726. The van der Waals surface area contributed by atoms with Gasteiger partial charge in [0, 0.05) is 30.9 Å². The molecule has 0 aromatic heterocycles. The van der Waals surface area contributed by atoms with E-state index in [-0.39, 0.29) is 0 Å². The largest absolute Gasteiger partial charge is 0.365 e. The molecule has 0 spiro atoms. The van der Waals surface area contributed by atoms with E-state index in [1.54, 1.807) is 0 Å². The van der Waals surface area contributed by atoms with Gasteiger partial charge in [0.25, 0.3) is 0 Å². The minimum Gasteiger partial charge on any atom is -0.365 e. The second-order valence-corrected chi connectivity index (χ2v) is 5.47. The second kappa shape index (κ2) is 4.34. The number of hydrogen-bond acceptors (Lipinski definition) is 2. The van der Waals surface area contributed by atoms with Gasteiger partial charge in [0.15, 0.2) is 0 Å². The average Bonchev–Trinajstić information content (AvgIpc) is 2.81. The zero-order valence-electron chi connectivity index (χ0n) is 10.9. The first-order valence-electron chi connectivity index (χ1n) is 6.83. The highest BCUT2D eigenvalue weighted by Gasteiger charge is 2.35. The van der Waals surface area contributed by atoms with Crippen LogP contribution in [-0.4, -0.2) is 25.2 Å². The average molecular weight is 230 g/mol. The van der Waals surface area contributed by atoms with E-state index in [0.717, 1.165) is 25.2 Å². The number of rotatable bonds is 1. The number of aryl methyl sites for hydroxylation is 1. The van der Waals surface area contributed by atoms with Crippen molar-refractivity contribution in [1.29, 1.82) is 0 Å². The van der Waals surface area contributed by atoms with Gasteiger partial charge < -0.3 is 10.2 Å². The molecule has 1 saturated heterocycles. The van der Waals surface area contributed by atoms with Gasteiger partial charge in [-0.1, -0.05) is 12.1 Å². The number of nitrogens with one attached hydrogen (secondary N) is 1. The third-order valence-corrected chi connectivity index (χ3v) is 4.52. The smallest absolute Gasteiger partial charge is 0.0443 e. The summed E-state index contributed by atoms with van der Waals surface area (Å²) in [5, 5.41) is 3.67. The maximum atomic E-state index is 3.67. The maximum absolute atomic E-state index is 3.67. The summed E-state index contributed by atoms with van der Waals surface area (Å²) in [6, 6.07) is 8.16. The Morgan fingerprint density at radius 2 is 2.12 bits per heavy atom. The van der Waals surface area contributed by atoms with E-state index in [0.29, 0.717) is 0 Å². The van der Waals surface area contributed by atoms with Gasteiger partial charge in [-0.3, -0.25) is 0 Å². The van der Waals surface area contributed by atoms with Crippen LogP contribution < -0.4 is 10.2 Å². The molecule has 1 aromatic carbocycles. The van der Waals surface area contributed by atoms with E-state index in [4.69, 9.17) is 0 Å². The van der Waals surface area contributed by atoms with Gasteiger partial charge >= 0.3 is 0 Å². The van der Waals surface area contributed by atoms with Crippen molar-refractivity contribution in [2.24, 2.45) is 0 Å². The summed E-state index contributed by atoms with van der Waals surface area (Å²) in [5.74, 6) is 0. The Morgan fingerprint density at radius 3 is 3.00 bits per heavy atom. The molecule has 0 radical (unpaired) electrons. The molecule has 1 heterocycles. The Balaban J connectivity index is 1.94. The lowest BCUT2D eigenvalue weighted by molar-refractivity contribution is 0.403. The Kier molecular flexibility index (Phi) is 2.83. The highest BCUT2D eigenvalue weighted by molar-refractivity contribution is 5.57. The van der Waals surface area contributed by atoms with E-state index in [9.17, 15) is 0 Å². The van der Waals surface area contributed by atoms with E-state index >= 15 is 0 Å². The van der Waals surface area contributed by atoms with Gasteiger partial charge in [-0.25, -0.2) is 0 Å². The molecule has 1 saturated carbocycles. The van der Waals surface area contributed by atoms with E-state index in [2.05, 4.69) is 42.3 Å². The van der Waals surface area contributed by atoms with E-state index in [1.165, 1.54) is 36.1 Å². The first-order chi connectivity index (χ1) is 8.27. The normalized spacial score (nSPS) is 28.2. The van der Waals surface area contributed by atoms with Crippen LogP contribution in [0.4, 0.5) is 5.69 Å². The van der Waals surface area contributed by atoms with Gasteiger partial charge in [0.2, 0.25) is 0 Å². The molecule has 2 fully saturated rings. The molecule has 0 bridgehead atoms. The lowest BCUT2D eigenvalue weighted by Gasteiger charge is -2.41. The van der Waals surface area contributed by atoms with Gasteiger partial charge in [0.1, 0.15) is 0 Å². The third-order valence-electron chi connectivity index (χ3n) is 4.52. The molecule has 2 aliphatic rings. The molecule has 2 atom stereocenters. The molecule has 92 valence electrons. The van der Waals surface area contributed by atoms with Crippen molar-refractivity contribution in [2.45, 2.75) is 45.2 Å². The first-order valence-corrected chi connectivity index (χ1v) is 6.83. The summed E-state index contributed by atoms with van der Waals surface area (Å²) >= 11 is 0. The Morgan fingerprint density at radius 1 is 1.24 bits per heavy atom. The summed E-state index contributed by atoms with van der Waals surface area (Å²) in [4.78, 5) is 2.65. The molecular formula is C15H22N2. The van der Waals surface area contributed by atoms with Crippen LogP contribution in [0.3, 0.4) is 0 Å². The van der Waals surface area contributed by atoms with Gasteiger partial charge in [-0.2, -0.15) is 0 Å². The topological polar surface area (TPSA) is 15.3 Å². The molecular weight excluding hydrogens is 208 g/mol. The molecule has 1 aliphatic heterocycles. The van der Waals surface area contributed by atoms with E-state index in [1.807, 2.05) is 0 Å². The van der Waals surface area contributed by atoms with Crippen LogP contribution in [0, 0.1) is 13.8 Å². The van der Waals surface area contributed by atoms with Crippen LogP contribution in [0.1, 0.15) is 30.4 Å². The monoisotopic (exact) mass is 230 g/mol. The fraction of sp³-hybridized carbons (Fsp3) is 0.600. The molecule has 0 amide bonds. The first kappa shape index (κ1) is 11.1. The lowest BCUT2D eigenvalue weighted by Crippen LogP contribution is -2.55. The Bertz CT molecular complexity index is 413. The lowest BCUT2D eigenvalue weighted by atomic mass is 10.0. The fourth-order valence-corrected chi connectivity index (χ4v) is 3.43. The van der Waals surface area contributed by atoms with Crippen molar-refractivity contribution in [1.82, 2.24) is 5.32 Å². The Labute approximate surface area is 104 Å². The number of anilines is 1. The molecule has 1 aliphatic carbocycles. The van der Waals surface area contributed by atoms with Crippen LogP contribution in [0.25, 0.3) is 0 Å². The van der Waals surface area contributed by atoms with Gasteiger partial charge in [0.05, 0.1) is 0 Å². The molecule has 1 aromatic rings. The van der Waals surface area contributed by atoms with Crippen molar-refractivity contribution in [3.8, 4) is 0 Å². The number of hydrogen-bond donors (Lipinski definition) is 1. The van der Waals surface area contributed by atoms with Crippen molar-refractivity contribution < 1.29 is 0 Å². The zero-order chi connectivity index (χ0) is 11.8. The Hall–Kier alpha value is -1.02. The van der Waals surface area contributed by atoms with Crippen molar-refractivity contribution in [2.75, 3.05) is 18.0 Å². The standard InChI is InChI=1S/C15H22N2/c1-11-5-3-7-14(12(11)2)17-10-9-16-13-6-4-8-15(13)17/h3,5,7,13,15-16H,4,6,8-10H2,1-2H3/t13-,15-/m0/s1. The molecule has 0 unspecified atom stereocenters. The van der Waals surface area contributed by atoms with Crippen LogP contribution in [-0.2, 0) is 0 Å². The van der Waals surface area contributed by atoms with Crippen LogP contribution in [0.5, 0.6) is 0 Å². The molecule has 3 rings (SSSR count). The van der Waals surface area contributed by atoms with Gasteiger partial charge in [-0.15, -0.1) is 0 Å². The maximum Gasteiger partial charge on any atom is 0.0443 e. The van der Waals surface area contributed by atoms with Crippen LogP contribution >= 0.6 is 0 Å². The third kappa shape index (κ3) is 1.85. The van der Waals surface area contributed by atoms with Crippen LogP contribution in [0.15, 0.2) is 18.2 Å². The SMILES string of the molecule is Cc1cccc(N2CCN[C@H]3CCC[C@@H]32)c1C. The fourth-order valence-electron chi connectivity index (χ4n) is 3.43. The zero-order valence-corrected chi connectivity index (χ0v) is 10.9. The summed E-state index contributed by atoms with van der Waals surface area (Å²) in [6.45, 7) is 6.77. The molecule has 2 nitrogen and oxygen atoms in total. The number of fused-ring (bicyclic) bond motifs is 1. The number of piperazine rings is 1. The molecule has 2 heteroatoms. The molecule has 17 heavy (non-hydrogen) atoms. The predicted octanol–water partition coefficient (Wildman–Crippen LogP) is 2.63. The van der Waals surface area contributed by atoms with Crippen molar-refractivity contribution in [3.63, 3.8) is 0 Å². The van der Waals surface area contributed by atoms with E-state index < -0.39 is 0 Å². The van der Waals surface area contributed by atoms with Crippen LogP contribution in [0.2, 0.25) is 0 Å². The number of benzene rings is 1. The van der Waals surface area contributed by atoms with Crippen molar-refractivity contribution in [3.05, 3.63) is 29.3 Å². The van der Waals surface area contributed by atoms with Gasteiger partial charge in [-0.05, 0) is 50.3 Å². The summed E-state index contributed by atoms with van der Waals surface area (Å²) < 4.78 is 0. The summed E-state index contributed by atoms with van der Waals surface area (Å²) in [5.41, 5.74) is 4.33. The second-order valence-electron chi connectivity index (χ2n) is 5.47. The number of nitrogens with zero attached hydrogens (tertiary/aromatic N) is 1. The highest BCUT2D eigenvalue weighted by Crippen LogP contribution is 2.33.